The molecule has 0 aliphatic rings. The Labute approximate surface area is 136 Å². The van der Waals surface area contributed by atoms with Crippen LogP contribution in [-0.2, 0) is 14.6 Å². The fraction of sp³-hybridized carbons (Fsp3) is 0.500. The molecule has 0 saturated heterocycles. The van der Waals surface area contributed by atoms with E-state index in [-0.39, 0.29) is 10.5 Å². The Kier molecular flexibility index (Phi) is 6.34. The molecule has 1 unspecified atom stereocenters. The molecule has 24 heavy (non-hydrogen) atoms. The van der Waals surface area contributed by atoms with Crippen LogP contribution in [0.1, 0.15) is 18.6 Å². The minimum atomic E-state index is -4.78. The van der Waals surface area contributed by atoms with E-state index in [0.717, 1.165) is 6.26 Å². The van der Waals surface area contributed by atoms with Crippen molar-refractivity contribution in [2.45, 2.75) is 30.1 Å². The zero-order chi connectivity index (χ0) is 18.7. The number of nitrogens with one attached hydrogen (secondary N) is 1. The van der Waals surface area contributed by atoms with Crippen LogP contribution in [0.25, 0.3) is 0 Å². The smallest absolute Gasteiger partial charge is 0.386 e. The molecule has 0 heterocycles. The van der Waals surface area contributed by atoms with Crippen LogP contribution in [0.2, 0.25) is 0 Å². The van der Waals surface area contributed by atoms with Gasteiger partial charge >= 0.3 is 6.18 Å². The molecule has 0 spiro atoms. The zero-order valence-corrected chi connectivity index (χ0v) is 13.7. The normalized spacial score (nSPS) is 16.3. The average Bonchev–Trinajstić information content (AvgIpc) is 2.49. The van der Waals surface area contributed by atoms with Crippen molar-refractivity contribution in [3.63, 3.8) is 0 Å². The number of hydrogen-bond acceptors (Lipinski definition) is 4. The molecule has 136 valence electrons. The standard InChI is InChI=1S/C14H17F4NO4S/c1-8(14(16,17)18)13(21)19-11(7-15)12(20)9-3-5-10(6-4-9)24(2,22)23/h3-6,8,11-12,20H,7H2,1-2H3,(H,19,21)/t8-,11-,12?/m1/s1. The number of hydrogen-bond donors (Lipinski definition) is 2. The molecule has 0 aliphatic heterocycles. The van der Waals surface area contributed by atoms with E-state index in [2.05, 4.69) is 0 Å². The van der Waals surface area contributed by atoms with Gasteiger partial charge in [-0.15, -0.1) is 0 Å². The summed E-state index contributed by atoms with van der Waals surface area (Å²) in [6.45, 7) is -0.677. The molecule has 0 saturated carbocycles. The highest BCUT2D eigenvalue weighted by Gasteiger charge is 2.42. The predicted molar refractivity (Wildman–Crippen MR) is 77.6 cm³/mol. The van der Waals surface area contributed by atoms with Crippen LogP contribution in [0.15, 0.2) is 29.2 Å². The summed E-state index contributed by atoms with van der Waals surface area (Å²) in [4.78, 5) is 11.5. The molecule has 1 aromatic rings. The number of rotatable bonds is 6. The van der Waals surface area contributed by atoms with E-state index in [9.17, 15) is 35.9 Å². The van der Waals surface area contributed by atoms with E-state index in [0.29, 0.717) is 6.92 Å². The van der Waals surface area contributed by atoms with Gasteiger partial charge in [0, 0.05) is 6.26 Å². The average molecular weight is 371 g/mol. The minimum absolute atomic E-state index is 0.0371. The Hall–Kier alpha value is -1.68. The van der Waals surface area contributed by atoms with Crippen molar-refractivity contribution in [3.05, 3.63) is 29.8 Å². The molecular weight excluding hydrogens is 354 g/mol. The fourth-order valence-electron chi connectivity index (χ4n) is 1.80. The van der Waals surface area contributed by atoms with Crippen molar-refractivity contribution < 1.29 is 35.9 Å². The van der Waals surface area contributed by atoms with Crippen molar-refractivity contribution in [3.8, 4) is 0 Å². The van der Waals surface area contributed by atoms with E-state index in [1.165, 1.54) is 24.3 Å². The molecule has 3 atom stereocenters. The highest BCUT2D eigenvalue weighted by molar-refractivity contribution is 7.90. The lowest BCUT2D eigenvalue weighted by molar-refractivity contribution is -0.179. The molecule has 10 heteroatoms. The lowest BCUT2D eigenvalue weighted by Crippen LogP contribution is -2.46. The second-order valence-corrected chi connectivity index (χ2v) is 7.33. The quantitative estimate of drug-likeness (QED) is 0.747. The maximum atomic E-state index is 13.0. The summed E-state index contributed by atoms with van der Waals surface area (Å²) < 4.78 is 73.1. The number of carbonyl (C=O) groups is 1. The van der Waals surface area contributed by atoms with Gasteiger partial charge in [-0.05, 0) is 24.6 Å². The first-order chi connectivity index (χ1) is 10.9. The number of carbonyl (C=O) groups excluding carboxylic acids is 1. The molecule has 0 aliphatic carbocycles. The van der Waals surface area contributed by atoms with Crippen LogP contribution in [-0.4, -0.2) is 44.6 Å². The summed E-state index contributed by atoms with van der Waals surface area (Å²) in [6, 6.07) is 3.14. The van der Waals surface area contributed by atoms with E-state index in [1.54, 1.807) is 0 Å². The van der Waals surface area contributed by atoms with Gasteiger partial charge in [0.2, 0.25) is 5.91 Å². The van der Waals surface area contributed by atoms with E-state index >= 15 is 0 Å². The van der Waals surface area contributed by atoms with Crippen LogP contribution < -0.4 is 5.32 Å². The number of amides is 1. The first-order valence-electron chi connectivity index (χ1n) is 6.79. The topological polar surface area (TPSA) is 83.5 Å². The lowest BCUT2D eigenvalue weighted by atomic mass is 10.0. The number of sulfone groups is 1. The highest BCUT2D eigenvalue weighted by Crippen LogP contribution is 2.26. The van der Waals surface area contributed by atoms with Gasteiger partial charge in [0.05, 0.1) is 10.9 Å². The summed E-state index contributed by atoms with van der Waals surface area (Å²) in [5.74, 6) is -3.82. The van der Waals surface area contributed by atoms with Gasteiger partial charge in [-0.1, -0.05) is 12.1 Å². The molecule has 0 bridgehead atoms. The van der Waals surface area contributed by atoms with Gasteiger partial charge in [0.15, 0.2) is 9.84 Å². The summed E-state index contributed by atoms with van der Waals surface area (Å²) >= 11 is 0. The largest absolute Gasteiger partial charge is 0.400 e. The monoisotopic (exact) mass is 371 g/mol. The summed E-state index contributed by atoms with van der Waals surface area (Å²) in [7, 11) is -3.47. The van der Waals surface area contributed by atoms with Crippen molar-refractivity contribution in [1.82, 2.24) is 5.32 Å². The van der Waals surface area contributed by atoms with Gasteiger partial charge in [0.1, 0.15) is 18.7 Å². The summed E-state index contributed by atoms with van der Waals surface area (Å²) in [5.41, 5.74) is 0.0602. The van der Waals surface area contributed by atoms with Crippen molar-refractivity contribution >= 4 is 15.7 Å². The van der Waals surface area contributed by atoms with Crippen LogP contribution in [0.3, 0.4) is 0 Å². The number of benzene rings is 1. The third-order valence-electron chi connectivity index (χ3n) is 3.41. The highest BCUT2D eigenvalue weighted by atomic mass is 32.2. The Morgan fingerprint density at radius 3 is 2.12 bits per heavy atom. The van der Waals surface area contributed by atoms with E-state index in [1.807, 2.05) is 5.32 Å². The molecule has 1 amide bonds. The van der Waals surface area contributed by atoms with Crippen LogP contribution in [0.5, 0.6) is 0 Å². The molecule has 2 N–H and O–H groups in total. The SMILES string of the molecule is C[C@H](C(=O)N[C@H](CF)C(O)c1ccc(S(C)(=O)=O)cc1)C(F)(F)F. The maximum absolute atomic E-state index is 13.0. The van der Waals surface area contributed by atoms with Gasteiger partial charge in [-0.25, -0.2) is 12.8 Å². The Morgan fingerprint density at radius 2 is 1.75 bits per heavy atom. The van der Waals surface area contributed by atoms with Gasteiger partial charge in [0.25, 0.3) is 0 Å². The van der Waals surface area contributed by atoms with E-state index in [4.69, 9.17) is 0 Å². The van der Waals surface area contributed by atoms with Crippen molar-refractivity contribution in [2.75, 3.05) is 12.9 Å². The Bertz CT molecular complexity index is 673. The Balaban J connectivity index is 2.90. The van der Waals surface area contributed by atoms with E-state index < -0.39 is 46.7 Å². The van der Waals surface area contributed by atoms with Gasteiger partial charge in [-0.3, -0.25) is 4.79 Å². The second kappa shape index (κ2) is 7.47. The third-order valence-corrected chi connectivity index (χ3v) is 4.54. The fourth-order valence-corrected chi connectivity index (χ4v) is 2.43. The van der Waals surface area contributed by atoms with Crippen LogP contribution >= 0.6 is 0 Å². The Morgan fingerprint density at radius 1 is 1.25 bits per heavy atom. The number of aliphatic hydroxyl groups excluding tert-OH is 1. The van der Waals surface area contributed by atoms with Crippen molar-refractivity contribution in [2.24, 2.45) is 5.92 Å². The number of alkyl halides is 4. The third kappa shape index (κ3) is 5.17. The van der Waals surface area contributed by atoms with Gasteiger partial charge in [-0.2, -0.15) is 13.2 Å². The minimum Gasteiger partial charge on any atom is -0.386 e. The molecule has 0 radical (unpaired) electrons. The molecular formula is C14H17F4NO4S. The molecule has 0 fully saturated rings. The van der Waals surface area contributed by atoms with Gasteiger partial charge < -0.3 is 10.4 Å². The lowest BCUT2D eigenvalue weighted by Gasteiger charge is -2.24. The van der Waals surface area contributed by atoms with Crippen LogP contribution in [0, 0.1) is 5.92 Å². The summed E-state index contributed by atoms with van der Waals surface area (Å²) in [5, 5.41) is 11.8. The first kappa shape index (κ1) is 20.4. The van der Waals surface area contributed by atoms with Crippen LogP contribution in [0.4, 0.5) is 17.6 Å². The molecule has 5 nitrogen and oxygen atoms in total. The predicted octanol–water partition coefficient (Wildman–Crippen LogP) is 1.78. The number of aliphatic hydroxyl groups is 1. The molecule has 1 rings (SSSR count). The molecule has 0 aromatic heterocycles. The first-order valence-corrected chi connectivity index (χ1v) is 8.68. The number of halogens is 4. The zero-order valence-electron chi connectivity index (χ0n) is 12.8. The summed E-state index contributed by atoms with van der Waals surface area (Å²) in [6.07, 6.45) is -5.44. The van der Waals surface area contributed by atoms with Crippen molar-refractivity contribution in [1.29, 1.82) is 0 Å². The maximum Gasteiger partial charge on any atom is 0.400 e. The second-order valence-electron chi connectivity index (χ2n) is 5.32. The molecule has 1 aromatic carbocycles.